The van der Waals surface area contributed by atoms with E-state index in [1.165, 1.54) is 0 Å². The Labute approximate surface area is 80.0 Å². The maximum atomic E-state index is 5.20. The van der Waals surface area contributed by atoms with Crippen LogP contribution in [0.25, 0.3) is 0 Å². The number of hydrazine groups is 1. The second-order valence-corrected chi connectivity index (χ2v) is 3.19. The quantitative estimate of drug-likeness (QED) is 0.610. The summed E-state index contributed by atoms with van der Waals surface area (Å²) in [6.45, 7) is 0.643. The van der Waals surface area contributed by atoms with Gasteiger partial charge in [-0.1, -0.05) is 22.0 Å². The van der Waals surface area contributed by atoms with Crippen LogP contribution in [-0.2, 0) is 6.54 Å². The molecule has 12 heavy (non-hydrogen) atoms. The van der Waals surface area contributed by atoms with Gasteiger partial charge in [0.15, 0.2) is 0 Å². The normalized spacial score (nSPS) is 9.92. The molecule has 0 atom stereocenters. The fourth-order valence-electron chi connectivity index (χ4n) is 0.908. The molecule has 0 aliphatic carbocycles. The van der Waals surface area contributed by atoms with Crippen LogP contribution in [0.5, 0.6) is 5.75 Å². The van der Waals surface area contributed by atoms with Gasteiger partial charge in [0.05, 0.1) is 7.11 Å². The standard InChI is InChI=1S/C8H11BrN2O/c1-12-7-3-2-6(5-11-10)8(9)4-7/h2-4,11H,5,10H2,1H3. The first kappa shape index (κ1) is 9.51. The first-order chi connectivity index (χ1) is 5.77. The van der Waals surface area contributed by atoms with Crippen molar-refractivity contribution in [3.8, 4) is 5.75 Å². The van der Waals surface area contributed by atoms with E-state index in [9.17, 15) is 0 Å². The lowest BCUT2D eigenvalue weighted by atomic mass is 10.2. The zero-order valence-corrected chi connectivity index (χ0v) is 8.39. The van der Waals surface area contributed by atoms with Gasteiger partial charge in [-0.25, -0.2) is 0 Å². The number of nitrogens with two attached hydrogens (primary N) is 1. The van der Waals surface area contributed by atoms with Gasteiger partial charge in [-0.2, -0.15) is 0 Å². The van der Waals surface area contributed by atoms with Crippen LogP contribution >= 0.6 is 15.9 Å². The van der Waals surface area contributed by atoms with Crippen molar-refractivity contribution in [2.45, 2.75) is 6.54 Å². The predicted molar refractivity (Wildman–Crippen MR) is 51.7 cm³/mol. The molecule has 0 bridgehead atoms. The lowest BCUT2D eigenvalue weighted by Crippen LogP contribution is -2.20. The summed E-state index contributed by atoms with van der Waals surface area (Å²) in [5, 5.41) is 0. The van der Waals surface area contributed by atoms with E-state index in [0.29, 0.717) is 6.54 Å². The Morgan fingerprint density at radius 3 is 2.83 bits per heavy atom. The third-order valence-corrected chi connectivity index (χ3v) is 2.29. The van der Waals surface area contributed by atoms with Crippen molar-refractivity contribution in [2.75, 3.05) is 7.11 Å². The van der Waals surface area contributed by atoms with Gasteiger partial charge in [0.25, 0.3) is 0 Å². The van der Waals surface area contributed by atoms with E-state index in [2.05, 4.69) is 21.4 Å². The molecule has 0 aliphatic heterocycles. The van der Waals surface area contributed by atoms with Gasteiger partial charge in [-0.3, -0.25) is 11.3 Å². The lowest BCUT2D eigenvalue weighted by molar-refractivity contribution is 0.414. The van der Waals surface area contributed by atoms with E-state index in [1.807, 2.05) is 18.2 Å². The number of hydrogen-bond donors (Lipinski definition) is 2. The average molecular weight is 231 g/mol. The van der Waals surface area contributed by atoms with Crippen LogP contribution in [0.15, 0.2) is 22.7 Å². The van der Waals surface area contributed by atoms with Gasteiger partial charge in [0, 0.05) is 11.0 Å². The van der Waals surface area contributed by atoms with Crippen LogP contribution in [0, 0.1) is 0 Å². The summed E-state index contributed by atoms with van der Waals surface area (Å²) in [6, 6.07) is 5.77. The van der Waals surface area contributed by atoms with Gasteiger partial charge in [0.2, 0.25) is 0 Å². The molecular weight excluding hydrogens is 220 g/mol. The predicted octanol–water partition coefficient (Wildman–Crippen LogP) is 1.42. The maximum absolute atomic E-state index is 5.20. The van der Waals surface area contributed by atoms with Crippen LogP contribution in [0.1, 0.15) is 5.56 Å². The van der Waals surface area contributed by atoms with Crippen LogP contribution < -0.4 is 16.0 Å². The molecule has 1 rings (SSSR count). The van der Waals surface area contributed by atoms with E-state index < -0.39 is 0 Å². The maximum Gasteiger partial charge on any atom is 0.120 e. The highest BCUT2D eigenvalue weighted by Gasteiger charge is 1.99. The van der Waals surface area contributed by atoms with Gasteiger partial charge < -0.3 is 4.74 Å². The molecule has 3 nitrogen and oxygen atoms in total. The van der Waals surface area contributed by atoms with E-state index >= 15 is 0 Å². The van der Waals surface area contributed by atoms with E-state index in [4.69, 9.17) is 10.6 Å². The number of ether oxygens (including phenoxy) is 1. The van der Waals surface area contributed by atoms with Crippen molar-refractivity contribution in [2.24, 2.45) is 5.84 Å². The minimum absolute atomic E-state index is 0.643. The summed E-state index contributed by atoms with van der Waals surface area (Å²) < 4.78 is 6.05. The largest absolute Gasteiger partial charge is 0.497 e. The number of methoxy groups -OCH3 is 1. The number of hydrogen-bond acceptors (Lipinski definition) is 3. The molecule has 3 N–H and O–H groups in total. The third kappa shape index (κ3) is 2.20. The first-order valence-corrected chi connectivity index (χ1v) is 4.33. The van der Waals surface area contributed by atoms with Crippen molar-refractivity contribution in [1.29, 1.82) is 0 Å². The van der Waals surface area contributed by atoms with E-state index in [-0.39, 0.29) is 0 Å². The van der Waals surface area contributed by atoms with Crippen LogP contribution in [-0.4, -0.2) is 7.11 Å². The topological polar surface area (TPSA) is 47.3 Å². The number of benzene rings is 1. The van der Waals surface area contributed by atoms with Crippen LogP contribution in [0.4, 0.5) is 0 Å². The molecule has 4 heteroatoms. The van der Waals surface area contributed by atoms with Crippen molar-refractivity contribution in [3.05, 3.63) is 28.2 Å². The highest BCUT2D eigenvalue weighted by Crippen LogP contribution is 2.22. The molecule has 0 fully saturated rings. The third-order valence-electron chi connectivity index (χ3n) is 1.55. The van der Waals surface area contributed by atoms with E-state index in [1.54, 1.807) is 7.11 Å². The summed E-state index contributed by atoms with van der Waals surface area (Å²) in [5.74, 6) is 6.03. The zero-order chi connectivity index (χ0) is 8.97. The molecule has 0 heterocycles. The van der Waals surface area contributed by atoms with Gasteiger partial charge in [-0.15, -0.1) is 0 Å². The summed E-state index contributed by atoms with van der Waals surface area (Å²) in [5.41, 5.74) is 3.70. The van der Waals surface area contributed by atoms with Gasteiger partial charge in [0.1, 0.15) is 5.75 Å². The molecular formula is C8H11BrN2O. The fourth-order valence-corrected chi connectivity index (χ4v) is 1.41. The monoisotopic (exact) mass is 230 g/mol. The minimum Gasteiger partial charge on any atom is -0.497 e. The van der Waals surface area contributed by atoms with Crippen molar-refractivity contribution >= 4 is 15.9 Å². The summed E-state index contributed by atoms with van der Waals surface area (Å²) in [6.07, 6.45) is 0. The zero-order valence-electron chi connectivity index (χ0n) is 6.80. The molecule has 66 valence electrons. The Balaban J connectivity index is 2.87. The molecule has 0 unspecified atom stereocenters. The van der Waals surface area contributed by atoms with Crippen LogP contribution in [0.3, 0.4) is 0 Å². The number of halogens is 1. The smallest absolute Gasteiger partial charge is 0.120 e. The Bertz CT molecular complexity index is 265. The SMILES string of the molecule is COc1ccc(CNN)c(Br)c1. The van der Waals surface area contributed by atoms with Gasteiger partial charge in [-0.05, 0) is 17.7 Å². The molecule has 0 saturated heterocycles. The molecule has 0 aromatic heterocycles. The van der Waals surface area contributed by atoms with Crippen LogP contribution in [0.2, 0.25) is 0 Å². The van der Waals surface area contributed by atoms with Crippen molar-refractivity contribution < 1.29 is 4.74 Å². The molecule has 0 aliphatic rings. The first-order valence-electron chi connectivity index (χ1n) is 3.54. The molecule has 0 spiro atoms. The summed E-state index contributed by atoms with van der Waals surface area (Å²) in [7, 11) is 1.64. The summed E-state index contributed by atoms with van der Waals surface area (Å²) in [4.78, 5) is 0. The van der Waals surface area contributed by atoms with Gasteiger partial charge >= 0.3 is 0 Å². The number of nitrogens with one attached hydrogen (secondary N) is 1. The lowest BCUT2D eigenvalue weighted by Gasteiger charge is -2.05. The fraction of sp³-hybridized carbons (Fsp3) is 0.250. The molecule has 1 aromatic carbocycles. The van der Waals surface area contributed by atoms with Crippen molar-refractivity contribution in [1.82, 2.24) is 5.43 Å². The summed E-state index contributed by atoms with van der Waals surface area (Å²) >= 11 is 3.41. The Hall–Kier alpha value is -0.580. The second kappa shape index (κ2) is 4.45. The highest BCUT2D eigenvalue weighted by molar-refractivity contribution is 9.10. The minimum atomic E-state index is 0.643. The molecule has 0 amide bonds. The Kier molecular flexibility index (Phi) is 3.52. The Morgan fingerprint density at radius 2 is 2.33 bits per heavy atom. The average Bonchev–Trinajstić information content (AvgIpc) is 2.09. The van der Waals surface area contributed by atoms with Crippen molar-refractivity contribution in [3.63, 3.8) is 0 Å². The molecule has 0 radical (unpaired) electrons. The second-order valence-electron chi connectivity index (χ2n) is 2.34. The molecule has 1 aromatic rings. The Morgan fingerprint density at radius 1 is 1.58 bits per heavy atom. The van der Waals surface area contributed by atoms with E-state index in [0.717, 1.165) is 15.8 Å². The molecule has 0 saturated carbocycles. The number of rotatable bonds is 3. The highest BCUT2D eigenvalue weighted by atomic mass is 79.9.